The van der Waals surface area contributed by atoms with E-state index in [-0.39, 0.29) is 11.7 Å². The molecule has 7 nitrogen and oxygen atoms in total. The molecule has 0 spiro atoms. The molecule has 0 saturated carbocycles. The maximum absolute atomic E-state index is 12.3. The van der Waals surface area contributed by atoms with Gasteiger partial charge in [-0.2, -0.15) is 4.98 Å². The normalized spacial score (nSPS) is 10.7. The number of amides is 1. The Bertz CT molecular complexity index is 1060. The zero-order valence-electron chi connectivity index (χ0n) is 13.2. The summed E-state index contributed by atoms with van der Waals surface area (Å²) in [6.45, 7) is 0. The molecule has 0 fully saturated rings. The lowest BCUT2D eigenvalue weighted by Gasteiger charge is -2.06. The number of nitrogens with zero attached hydrogens (tertiary/aromatic N) is 3. The molecule has 0 saturated heterocycles. The second-order valence-electron chi connectivity index (χ2n) is 5.27. The van der Waals surface area contributed by atoms with Gasteiger partial charge in [-0.1, -0.05) is 17.3 Å². The van der Waals surface area contributed by atoms with Crippen molar-refractivity contribution in [3.05, 3.63) is 71.4 Å². The Balaban J connectivity index is 1.64. The second-order valence-corrected chi connectivity index (χ2v) is 6.05. The van der Waals surface area contributed by atoms with Gasteiger partial charge in [0, 0.05) is 18.0 Å². The van der Waals surface area contributed by atoms with Crippen LogP contribution in [0.2, 0.25) is 0 Å². The number of aromatic nitrogens is 3. The van der Waals surface area contributed by atoms with Gasteiger partial charge in [0.25, 0.3) is 11.8 Å². The Hall–Kier alpha value is -3.26. The third kappa shape index (κ3) is 3.27. The van der Waals surface area contributed by atoms with Crippen LogP contribution >= 0.6 is 15.9 Å². The molecule has 0 atom stereocenters. The first-order valence-electron chi connectivity index (χ1n) is 7.61. The molecule has 0 aliphatic heterocycles. The van der Waals surface area contributed by atoms with E-state index in [9.17, 15) is 4.79 Å². The van der Waals surface area contributed by atoms with Crippen LogP contribution in [0.4, 0.5) is 5.69 Å². The number of benzene rings is 1. The van der Waals surface area contributed by atoms with Crippen LogP contribution in [0.5, 0.6) is 0 Å². The summed E-state index contributed by atoms with van der Waals surface area (Å²) >= 11 is 3.18. The number of halogens is 1. The summed E-state index contributed by atoms with van der Waals surface area (Å²) in [5, 5.41) is 6.78. The molecular weight excluding hydrogens is 400 g/mol. The topological polar surface area (TPSA) is 94.1 Å². The Labute approximate surface area is 156 Å². The fraction of sp³-hybridized carbons (Fsp3) is 0. The van der Waals surface area contributed by atoms with Gasteiger partial charge in [0.1, 0.15) is 0 Å². The molecule has 0 unspecified atom stereocenters. The Morgan fingerprint density at radius 2 is 1.96 bits per heavy atom. The minimum absolute atomic E-state index is 0.188. The standard InChI is InChI=1S/C18H11BrN4O3/c19-15-8-7-14(25-15)17(24)21-13-6-2-1-5-12(13)18-22-16(23-26-18)11-4-3-9-20-10-11/h1-10H,(H,21,24). The molecule has 1 amide bonds. The first-order valence-corrected chi connectivity index (χ1v) is 8.40. The lowest BCUT2D eigenvalue weighted by atomic mass is 10.1. The average Bonchev–Trinajstić information content (AvgIpc) is 3.32. The summed E-state index contributed by atoms with van der Waals surface area (Å²) in [4.78, 5) is 20.8. The van der Waals surface area contributed by atoms with E-state index in [1.165, 1.54) is 0 Å². The third-order valence-corrected chi connectivity index (χ3v) is 3.97. The van der Waals surface area contributed by atoms with Gasteiger partial charge >= 0.3 is 0 Å². The molecule has 128 valence electrons. The number of hydrogen-bond acceptors (Lipinski definition) is 6. The van der Waals surface area contributed by atoms with Crippen LogP contribution in [-0.2, 0) is 0 Å². The van der Waals surface area contributed by atoms with Crippen molar-refractivity contribution in [2.24, 2.45) is 0 Å². The molecule has 3 heterocycles. The van der Waals surface area contributed by atoms with E-state index in [0.717, 1.165) is 5.56 Å². The van der Waals surface area contributed by atoms with Gasteiger partial charge in [-0.05, 0) is 52.3 Å². The number of pyridine rings is 1. The highest BCUT2D eigenvalue weighted by Gasteiger charge is 2.17. The lowest BCUT2D eigenvalue weighted by Crippen LogP contribution is -2.11. The van der Waals surface area contributed by atoms with E-state index in [0.29, 0.717) is 27.6 Å². The van der Waals surface area contributed by atoms with Gasteiger partial charge in [-0.15, -0.1) is 0 Å². The van der Waals surface area contributed by atoms with Gasteiger partial charge in [0.15, 0.2) is 10.4 Å². The van der Waals surface area contributed by atoms with E-state index in [2.05, 4.69) is 36.4 Å². The Kier molecular flexibility index (Phi) is 4.32. The molecular formula is C18H11BrN4O3. The molecule has 0 aliphatic carbocycles. The maximum atomic E-state index is 12.3. The second kappa shape index (κ2) is 6.93. The molecule has 4 rings (SSSR count). The predicted octanol–water partition coefficient (Wildman–Crippen LogP) is 4.41. The van der Waals surface area contributed by atoms with Crippen molar-refractivity contribution in [1.82, 2.24) is 15.1 Å². The largest absolute Gasteiger partial charge is 0.444 e. The summed E-state index contributed by atoms with van der Waals surface area (Å²) in [6.07, 6.45) is 3.32. The van der Waals surface area contributed by atoms with Gasteiger partial charge in [-0.25, -0.2) is 0 Å². The highest BCUT2D eigenvalue weighted by Crippen LogP contribution is 2.29. The van der Waals surface area contributed by atoms with Crippen LogP contribution in [-0.4, -0.2) is 21.0 Å². The van der Waals surface area contributed by atoms with Crippen molar-refractivity contribution in [2.75, 3.05) is 5.32 Å². The fourth-order valence-electron chi connectivity index (χ4n) is 2.34. The van der Waals surface area contributed by atoms with Gasteiger partial charge in [-0.3, -0.25) is 9.78 Å². The van der Waals surface area contributed by atoms with Crippen LogP contribution in [0.3, 0.4) is 0 Å². The Morgan fingerprint density at radius 3 is 2.73 bits per heavy atom. The first-order chi connectivity index (χ1) is 12.7. The number of nitrogens with one attached hydrogen (secondary N) is 1. The highest BCUT2D eigenvalue weighted by atomic mass is 79.9. The van der Waals surface area contributed by atoms with E-state index < -0.39 is 0 Å². The molecule has 1 N–H and O–H groups in total. The molecule has 8 heteroatoms. The average molecular weight is 411 g/mol. The summed E-state index contributed by atoms with van der Waals surface area (Å²) < 4.78 is 11.1. The van der Waals surface area contributed by atoms with E-state index in [4.69, 9.17) is 8.94 Å². The van der Waals surface area contributed by atoms with Crippen LogP contribution in [0, 0.1) is 0 Å². The minimum Gasteiger partial charge on any atom is -0.444 e. The highest BCUT2D eigenvalue weighted by molar-refractivity contribution is 9.10. The van der Waals surface area contributed by atoms with Crippen LogP contribution in [0.1, 0.15) is 10.6 Å². The zero-order chi connectivity index (χ0) is 17.9. The third-order valence-electron chi connectivity index (χ3n) is 3.55. The summed E-state index contributed by atoms with van der Waals surface area (Å²) in [5.41, 5.74) is 1.88. The number of hydrogen-bond donors (Lipinski definition) is 1. The van der Waals surface area contributed by atoms with Crippen molar-refractivity contribution < 1.29 is 13.7 Å². The predicted molar refractivity (Wildman–Crippen MR) is 97.3 cm³/mol. The number of rotatable bonds is 4. The summed E-state index contributed by atoms with van der Waals surface area (Å²) in [7, 11) is 0. The van der Waals surface area contributed by atoms with Crippen LogP contribution in [0.15, 0.2) is 74.5 Å². The van der Waals surface area contributed by atoms with Gasteiger partial charge in [0.05, 0.1) is 11.3 Å². The first kappa shape index (κ1) is 16.2. The molecule has 0 radical (unpaired) electrons. The van der Waals surface area contributed by atoms with Crippen molar-refractivity contribution in [1.29, 1.82) is 0 Å². The van der Waals surface area contributed by atoms with Gasteiger partial charge in [0.2, 0.25) is 5.82 Å². The monoisotopic (exact) mass is 410 g/mol. The van der Waals surface area contributed by atoms with Crippen molar-refractivity contribution in [3.8, 4) is 22.8 Å². The summed E-state index contributed by atoms with van der Waals surface area (Å²) in [5.74, 6) is 0.521. The molecule has 26 heavy (non-hydrogen) atoms. The number of carbonyl (C=O) groups excluding carboxylic acids is 1. The summed E-state index contributed by atoms with van der Waals surface area (Å²) in [6, 6.07) is 14.0. The number of carbonyl (C=O) groups is 1. The van der Waals surface area contributed by atoms with Gasteiger partial charge < -0.3 is 14.3 Å². The van der Waals surface area contributed by atoms with E-state index in [1.54, 1.807) is 48.8 Å². The quantitative estimate of drug-likeness (QED) is 0.535. The molecule has 1 aromatic carbocycles. The van der Waals surface area contributed by atoms with Crippen molar-refractivity contribution in [3.63, 3.8) is 0 Å². The smallest absolute Gasteiger partial charge is 0.291 e. The van der Waals surface area contributed by atoms with Crippen LogP contribution in [0.25, 0.3) is 22.8 Å². The lowest BCUT2D eigenvalue weighted by molar-refractivity contribution is 0.0995. The SMILES string of the molecule is O=C(Nc1ccccc1-c1nc(-c2cccnc2)no1)c1ccc(Br)o1. The fourth-order valence-corrected chi connectivity index (χ4v) is 2.65. The molecule has 0 aliphatic rings. The van der Waals surface area contributed by atoms with E-state index in [1.807, 2.05) is 12.1 Å². The number of anilines is 1. The Morgan fingerprint density at radius 1 is 1.08 bits per heavy atom. The maximum Gasteiger partial charge on any atom is 0.291 e. The van der Waals surface area contributed by atoms with Crippen LogP contribution < -0.4 is 5.32 Å². The number of para-hydroxylation sites is 1. The molecule has 4 aromatic rings. The zero-order valence-corrected chi connectivity index (χ0v) is 14.8. The van der Waals surface area contributed by atoms with Crippen molar-refractivity contribution >= 4 is 27.5 Å². The molecule has 0 bridgehead atoms. The number of furan rings is 1. The van der Waals surface area contributed by atoms with E-state index >= 15 is 0 Å². The minimum atomic E-state index is -0.379. The molecule has 3 aromatic heterocycles. The van der Waals surface area contributed by atoms with Crippen molar-refractivity contribution in [2.45, 2.75) is 0 Å².